The lowest BCUT2D eigenvalue weighted by molar-refractivity contribution is -0.116. The zero-order valence-electron chi connectivity index (χ0n) is 21.2. The number of amides is 1. The van der Waals surface area contributed by atoms with Gasteiger partial charge in [-0.15, -0.1) is 0 Å². The summed E-state index contributed by atoms with van der Waals surface area (Å²) in [6.45, 7) is 5.54. The number of nitrogens with zero attached hydrogens (tertiary/aromatic N) is 3. The second kappa shape index (κ2) is 11.6. The highest BCUT2D eigenvalue weighted by Gasteiger charge is 2.28. The van der Waals surface area contributed by atoms with Crippen LogP contribution in [-0.4, -0.2) is 43.8 Å². The van der Waals surface area contributed by atoms with Crippen LogP contribution < -0.4 is 15.0 Å². The summed E-state index contributed by atoms with van der Waals surface area (Å²) in [6.07, 6.45) is 0.901. The summed E-state index contributed by atoms with van der Waals surface area (Å²) in [5.41, 5.74) is 3.02. The third-order valence-electron chi connectivity index (χ3n) is 5.80. The number of nitrogens with one attached hydrogen (secondary N) is 1. The van der Waals surface area contributed by atoms with Crippen molar-refractivity contribution < 1.29 is 9.53 Å². The molecule has 0 saturated heterocycles. The second-order valence-corrected chi connectivity index (χ2v) is 10.2. The molecule has 0 aromatic heterocycles. The van der Waals surface area contributed by atoms with Crippen molar-refractivity contribution in [2.24, 2.45) is 10.9 Å². The summed E-state index contributed by atoms with van der Waals surface area (Å²) >= 11 is 5.97. The molecule has 0 aliphatic carbocycles. The Labute approximate surface area is 218 Å². The molecule has 0 saturated carbocycles. The number of carbonyl (C=O) groups is 1. The topological polar surface area (TPSA) is 57.2 Å². The lowest BCUT2D eigenvalue weighted by atomic mass is 10.1. The Morgan fingerprint density at radius 1 is 1.03 bits per heavy atom. The van der Waals surface area contributed by atoms with Gasteiger partial charge >= 0.3 is 0 Å². The highest BCUT2D eigenvalue weighted by Crippen LogP contribution is 2.33. The number of ether oxygens (including phenoxy) is 1. The van der Waals surface area contributed by atoms with Gasteiger partial charge in [0.05, 0.1) is 19.1 Å². The molecule has 7 heteroatoms. The van der Waals surface area contributed by atoms with E-state index < -0.39 is 0 Å². The standard InChI is InChI=1S/C29H33ClN4O2/c1-20(2)17-28-32-27(21-5-9-23(10-6-21)31-29(35)19-33(3)4)18-34(28)24-11-15-26(16-12-24)36-25-13-7-22(30)8-14-25/h5-16,20,27H,17-19H2,1-4H3,(H,31,35). The van der Waals surface area contributed by atoms with Gasteiger partial charge in [0.2, 0.25) is 5.91 Å². The predicted octanol–water partition coefficient (Wildman–Crippen LogP) is 6.64. The zero-order chi connectivity index (χ0) is 25.7. The highest BCUT2D eigenvalue weighted by atomic mass is 35.5. The first-order valence-corrected chi connectivity index (χ1v) is 12.6. The third-order valence-corrected chi connectivity index (χ3v) is 6.05. The van der Waals surface area contributed by atoms with Crippen molar-refractivity contribution in [2.45, 2.75) is 26.3 Å². The molecule has 188 valence electrons. The van der Waals surface area contributed by atoms with E-state index in [4.69, 9.17) is 21.3 Å². The van der Waals surface area contributed by atoms with Gasteiger partial charge in [-0.2, -0.15) is 0 Å². The molecular weight excluding hydrogens is 472 g/mol. The van der Waals surface area contributed by atoms with Gasteiger partial charge in [-0.1, -0.05) is 37.6 Å². The van der Waals surface area contributed by atoms with Crippen LogP contribution in [0.4, 0.5) is 11.4 Å². The number of hydrogen-bond donors (Lipinski definition) is 1. The minimum atomic E-state index is -0.0273. The number of hydrogen-bond acceptors (Lipinski definition) is 5. The van der Waals surface area contributed by atoms with Crippen molar-refractivity contribution in [1.29, 1.82) is 0 Å². The summed E-state index contributed by atoms with van der Waals surface area (Å²) in [5.74, 6) is 3.07. The Hall–Kier alpha value is -3.35. The molecular formula is C29H33ClN4O2. The number of amidine groups is 1. The van der Waals surface area contributed by atoms with Crippen LogP contribution in [0.1, 0.15) is 31.9 Å². The van der Waals surface area contributed by atoms with Crippen LogP contribution in [0.15, 0.2) is 77.8 Å². The van der Waals surface area contributed by atoms with Crippen LogP contribution in [0.25, 0.3) is 0 Å². The molecule has 3 aromatic rings. The fourth-order valence-electron chi connectivity index (χ4n) is 4.14. The molecule has 1 aliphatic rings. The van der Waals surface area contributed by atoms with Crippen LogP contribution in [-0.2, 0) is 4.79 Å². The average molecular weight is 505 g/mol. The predicted molar refractivity (Wildman–Crippen MR) is 149 cm³/mol. The third kappa shape index (κ3) is 6.86. The normalized spacial score (nSPS) is 15.4. The Morgan fingerprint density at radius 2 is 1.64 bits per heavy atom. The van der Waals surface area contributed by atoms with Gasteiger partial charge in [-0.3, -0.25) is 9.79 Å². The molecule has 3 aromatic carbocycles. The van der Waals surface area contributed by atoms with Gasteiger partial charge in [0.15, 0.2) is 0 Å². The molecule has 1 amide bonds. The van der Waals surface area contributed by atoms with Crippen molar-refractivity contribution in [2.75, 3.05) is 37.4 Å². The minimum absolute atomic E-state index is 0.0273. The summed E-state index contributed by atoms with van der Waals surface area (Å²) in [6, 6.07) is 23.5. The molecule has 0 spiro atoms. The maximum Gasteiger partial charge on any atom is 0.238 e. The van der Waals surface area contributed by atoms with Crippen LogP contribution in [0.3, 0.4) is 0 Å². The summed E-state index contributed by atoms with van der Waals surface area (Å²) < 4.78 is 5.95. The Kier molecular flexibility index (Phi) is 8.28. The molecule has 0 bridgehead atoms. The van der Waals surface area contributed by atoms with Crippen LogP contribution in [0, 0.1) is 5.92 Å². The first-order chi connectivity index (χ1) is 17.3. The van der Waals surface area contributed by atoms with Crippen molar-refractivity contribution in [3.63, 3.8) is 0 Å². The zero-order valence-corrected chi connectivity index (χ0v) is 22.0. The van der Waals surface area contributed by atoms with Gasteiger partial charge in [-0.25, -0.2) is 0 Å². The second-order valence-electron chi connectivity index (χ2n) is 9.73. The highest BCUT2D eigenvalue weighted by molar-refractivity contribution is 6.30. The fraction of sp³-hybridized carbons (Fsp3) is 0.310. The Bertz CT molecular complexity index is 1190. The number of benzene rings is 3. The van der Waals surface area contributed by atoms with E-state index in [1.807, 2.05) is 67.5 Å². The van der Waals surface area contributed by atoms with Crippen molar-refractivity contribution >= 4 is 34.7 Å². The largest absolute Gasteiger partial charge is 0.457 e. The molecule has 1 aliphatic heterocycles. The summed E-state index contributed by atoms with van der Waals surface area (Å²) in [7, 11) is 3.75. The van der Waals surface area contributed by atoms with Crippen LogP contribution in [0.2, 0.25) is 5.02 Å². The first-order valence-electron chi connectivity index (χ1n) is 12.2. The monoisotopic (exact) mass is 504 g/mol. The number of likely N-dealkylation sites (N-methyl/N-ethyl adjacent to an activating group) is 1. The van der Waals surface area contributed by atoms with E-state index in [9.17, 15) is 4.79 Å². The molecule has 6 nitrogen and oxygen atoms in total. The van der Waals surface area contributed by atoms with Crippen LogP contribution >= 0.6 is 11.6 Å². The van der Waals surface area contributed by atoms with E-state index in [1.165, 1.54) is 0 Å². The van der Waals surface area contributed by atoms with Crippen molar-refractivity contribution in [3.05, 3.63) is 83.4 Å². The van der Waals surface area contributed by atoms with E-state index in [2.05, 4.69) is 48.3 Å². The number of anilines is 2. The van der Waals surface area contributed by atoms with E-state index >= 15 is 0 Å². The maximum absolute atomic E-state index is 12.1. The fourth-order valence-corrected chi connectivity index (χ4v) is 4.27. The molecule has 1 N–H and O–H groups in total. The first kappa shape index (κ1) is 25.7. The van der Waals surface area contributed by atoms with Gasteiger partial charge in [-0.05, 0) is 86.2 Å². The molecule has 1 atom stereocenters. The molecule has 1 heterocycles. The van der Waals surface area contributed by atoms with E-state index in [-0.39, 0.29) is 11.9 Å². The SMILES string of the molecule is CC(C)CC1=NC(c2ccc(NC(=O)CN(C)C)cc2)CN1c1ccc(Oc2ccc(Cl)cc2)cc1. The molecule has 0 radical (unpaired) electrons. The quantitative estimate of drug-likeness (QED) is 0.355. The maximum atomic E-state index is 12.1. The average Bonchev–Trinajstić information content (AvgIpc) is 3.24. The molecule has 0 fully saturated rings. The molecule has 36 heavy (non-hydrogen) atoms. The smallest absolute Gasteiger partial charge is 0.238 e. The van der Waals surface area contributed by atoms with Crippen molar-refractivity contribution in [3.8, 4) is 11.5 Å². The number of rotatable bonds is 9. The van der Waals surface area contributed by atoms with Gasteiger partial charge < -0.3 is 19.9 Å². The van der Waals surface area contributed by atoms with Crippen molar-refractivity contribution in [1.82, 2.24) is 4.90 Å². The lowest BCUT2D eigenvalue weighted by Gasteiger charge is -2.22. The summed E-state index contributed by atoms with van der Waals surface area (Å²) in [5, 5.41) is 3.62. The van der Waals surface area contributed by atoms with Crippen LogP contribution in [0.5, 0.6) is 11.5 Å². The number of halogens is 1. The van der Waals surface area contributed by atoms with Gasteiger partial charge in [0.1, 0.15) is 17.3 Å². The molecule has 4 rings (SSSR count). The van der Waals surface area contributed by atoms with E-state index in [1.54, 1.807) is 0 Å². The Balaban J connectivity index is 1.46. The minimum Gasteiger partial charge on any atom is -0.457 e. The van der Waals surface area contributed by atoms with E-state index in [0.29, 0.717) is 17.5 Å². The lowest BCUT2D eigenvalue weighted by Crippen LogP contribution is -2.28. The number of carbonyl (C=O) groups excluding carboxylic acids is 1. The van der Waals surface area contributed by atoms with Gasteiger partial charge in [0.25, 0.3) is 0 Å². The van der Waals surface area contributed by atoms with Gasteiger partial charge in [0, 0.05) is 22.8 Å². The van der Waals surface area contributed by atoms with E-state index in [0.717, 1.165) is 47.2 Å². The number of aliphatic imine (C=N–C) groups is 1. The summed E-state index contributed by atoms with van der Waals surface area (Å²) in [4.78, 5) is 21.3. The Morgan fingerprint density at radius 3 is 2.22 bits per heavy atom. The molecule has 1 unspecified atom stereocenters.